The largest absolute Gasteiger partial charge is 0.406 e. The van der Waals surface area contributed by atoms with E-state index in [1.54, 1.807) is 36.0 Å². The van der Waals surface area contributed by atoms with Crippen LogP contribution >= 0.6 is 0 Å². The van der Waals surface area contributed by atoms with Crippen LogP contribution in [-0.2, 0) is 6.54 Å². The summed E-state index contributed by atoms with van der Waals surface area (Å²) in [4.78, 5) is 12.5. The Morgan fingerprint density at radius 3 is 2.73 bits per heavy atom. The summed E-state index contributed by atoms with van der Waals surface area (Å²) in [5, 5.41) is 7.04. The van der Waals surface area contributed by atoms with Gasteiger partial charge in [-0.15, -0.1) is 5.10 Å². The zero-order valence-electron chi connectivity index (χ0n) is 13.5. The first-order chi connectivity index (χ1) is 12.4. The van der Waals surface area contributed by atoms with Crippen molar-refractivity contribution in [3.05, 3.63) is 30.7 Å². The topological polar surface area (TPSA) is 98.9 Å². The summed E-state index contributed by atoms with van der Waals surface area (Å²) in [5.74, 6) is 0.582. The van der Waals surface area contributed by atoms with Gasteiger partial charge >= 0.3 is 6.18 Å². The highest BCUT2D eigenvalue weighted by Crippen LogP contribution is 2.29. The van der Waals surface area contributed by atoms with Crippen molar-refractivity contribution < 1.29 is 13.2 Å². The highest BCUT2D eigenvalue weighted by atomic mass is 19.4. The average molecular weight is 362 g/mol. The predicted octanol–water partition coefficient (Wildman–Crippen LogP) is 2.33. The number of imidazole rings is 1. The number of hydrogen-bond donors (Lipinski definition) is 2. The van der Waals surface area contributed by atoms with E-state index >= 15 is 0 Å². The molecule has 0 aliphatic carbocycles. The van der Waals surface area contributed by atoms with Crippen LogP contribution in [0.2, 0.25) is 0 Å². The van der Waals surface area contributed by atoms with Gasteiger partial charge in [0.05, 0.1) is 12.0 Å². The molecule has 134 valence electrons. The number of nitrogen functional groups attached to an aromatic ring is 1. The molecule has 11 heteroatoms. The SMILES string of the molecule is CNc1nc(N)c2c(-c3ccc4ncn(CC(F)(F)F)c4n3)ccn2n1. The summed E-state index contributed by atoms with van der Waals surface area (Å²) in [7, 11) is 1.67. The van der Waals surface area contributed by atoms with E-state index < -0.39 is 12.7 Å². The van der Waals surface area contributed by atoms with Crippen LogP contribution in [0.1, 0.15) is 0 Å². The summed E-state index contributed by atoms with van der Waals surface area (Å²) in [6.07, 6.45) is -1.55. The molecule has 4 rings (SSSR count). The van der Waals surface area contributed by atoms with E-state index in [4.69, 9.17) is 5.73 Å². The zero-order valence-corrected chi connectivity index (χ0v) is 13.5. The van der Waals surface area contributed by atoms with E-state index in [-0.39, 0.29) is 11.5 Å². The molecule has 4 aromatic heterocycles. The number of nitrogens with one attached hydrogen (secondary N) is 1. The summed E-state index contributed by atoms with van der Waals surface area (Å²) < 4.78 is 40.7. The van der Waals surface area contributed by atoms with Crippen LogP contribution in [0.4, 0.5) is 24.9 Å². The van der Waals surface area contributed by atoms with Gasteiger partial charge in [0.1, 0.15) is 17.6 Å². The lowest BCUT2D eigenvalue weighted by Gasteiger charge is -2.08. The maximum Gasteiger partial charge on any atom is 0.406 e. The van der Waals surface area contributed by atoms with Crippen LogP contribution in [0.15, 0.2) is 30.7 Å². The molecule has 4 heterocycles. The average Bonchev–Trinajstić information content (AvgIpc) is 3.17. The Balaban J connectivity index is 1.87. The van der Waals surface area contributed by atoms with E-state index in [2.05, 4.69) is 25.4 Å². The van der Waals surface area contributed by atoms with Crippen LogP contribution < -0.4 is 11.1 Å². The second-order valence-electron chi connectivity index (χ2n) is 5.62. The van der Waals surface area contributed by atoms with Gasteiger partial charge in [0.2, 0.25) is 5.95 Å². The minimum atomic E-state index is -4.37. The summed E-state index contributed by atoms with van der Waals surface area (Å²) in [6.45, 7) is -1.16. The molecule has 8 nitrogen and oxygen atoms in total. The summed E-state index contributed by atoms with van der Waals surface area (Å²) >= 11 is 0. The third-order valence-corrected chi connectivity index (χ3v) is 3.85. The molecule has 0 fully saturated rings. The van der Waals surface area contributed by atoms with Crippen LogP contribution in [-0.4, -0.2) is 42.4 Å². The van der Waals surface area contributed by atoms with Crippen molar-refractivity contribution >= 4 is 28.4 Å². The molecule has 0 aliphatic rings. The Labute approximate surface area is 144 Å². The standard InChI is InChI=1S/C15H13F3N8/c1-20-14-23-12(19)11-8(4-5-26(11)24-14)9-2-3-10-13(22-9)25(7-21-10)6-15(16,17)18/h2-5,7H,6H2,1H3,(H3,19,20,23,24). The number of hydrogen-bond acceptors (Lipinski definition) is 6. The monoisotopic (exact) mass is 362 g/mol. The number of alkyl halides is 3. The fourth-order valence-electron chi connectivity index (χ4n) is 2.76. The molecule has 0 aromatic carbocycles. The summed E-state index contributed by atoms with van der Waals surface area (Å²) in [6, 6.07) is 5.03. The minimum absolute atomic E-state index is 0.144. The molecule has 0 aliphatic heterocycles. The normalized spacial score (nSPS) is 12.2. The zero-order chi connectivity index (χ0) is 18.5. The molecular weight excluding hydrogens is 349 g/mol. The minimum Gasteiger partial charge on any atom is -0.382 e. The Morgan fingerprint density at radius 2 is 2.00 bits per heavy atom. The van der Waals surface area contributed by atoms with Gasteiger partial charge in [0.25, 0.3) is 0 Å². The Bertz CT molecular complexity index is 1110. The fraction of sp³-hybridized carbons (Fsp3) is 0.200. The second-order valence-corrected chi connectivity index (χ2v) is 5.62. The lowest BCUT2D eigenvalue weighted by Crippen LogP contribution is -2.17. The van der Waals surface area contributed by atoms with E-state index in [0.717, 1.165) is 10.9 Å². The first-order valence-electron chi connectivity index (χ1n) is 7.57. The van der Waals surface area contributed by atoms with Gasteiger partial charge in [-0.3, -0.25) is 0 Å². The van der Waals surface area contributed by atoms with Gasteiger partial charge in [0.15, 0.2) is 11.5 Å². The molecule has 0 radical (unpaired) electrons. The van der Waals surface area contributed by atoms with E-state index in [9.17, 15) is 13.2 Å². The Morgan fingerprint density at radius 1 is 1.19 bits per heavy atom. The molecule has 0 bridgehead atoms. The summed E-state index contributed by atoms with van der Waals surface area (Å²) in [5.41, 5.74) is 8.14. The number of rotatable bonds is 3. The van der Waals surface area contributed by atoms with Gasteiger partial charge in [-0.2, -0.15) is 18.2 Å². The molecule has 26 heavy (non-hydrogen) atoms. The molecule has 0 saturated heterocycles. The van der Waals surface area contributed by atoms with Crippen molar-refractivity contribution in [3.8, 4) is 11.3 Å². The second kappa shape index (κ2) is 5.58. The lowest BCUT2D eigenvalue weighted by atomic mass is 10.2. The molecule has 4 aromatic rings. The number of nitrogens with two attached hydrogens (primary N) is 1. The van der Waals surface area contributed by atoms with Gasteiger partial charge in [0, 0.05) is 18.8 Å². The molecule has 0 atom stereocenters. The number of aromatic nitrogens is 6. The molecule has 3 N–H and O–H groups in total. The molecular formula is C15H13F3N8. The number of nitrogens with zero attached hydrogens (tertiary/aromatic N) is 6. The quantitative estimate of drug-likeness (QED) is 0.580. The van der Waals surface area contributed by atoms with Crippen molar-refractivity contribution in [2.75, 3.05) is 18.1 Å². The van der Waals surface area contributed by atoms with E-state index in [0.29, 0.717) is 28.2 Å². The molecule has 0 saturated carbocycles. The van der Waals surface area contributed by atoms with Crippen LogP contribution in [0.25, 0.3) is 27.9 Å². The van der Waals surface area contributed by atoms with Crippen LogP contribution in [0.3, 0.4) is 0 Å². The first kappa shape index (κ1) is 16.1. The third kappa shape index (κ3) is 2.66. The van der Waals surface area contributed by atoms with Gasteiger partial charge in [-0.05, 0) is 18.2 Å². The number of fused-ring (bicyclic) bond motifs is 2. The molecule has 0 amide bonds. The van der Waals surface area contributed by atoms with Crippen molar-refractivity contribution in [1.82, 2.24) is 29.1 Å². The van der Waals surface area contributed by atoms with Gasteiger partial charge < -0.3 is 15.6 Å². The van der Waals surface area contributed by atoms with Crippen molar-refractivity contribution in [2.45, 2.75) is 12.7 Å². The smallest absolute Gasteiger partial charge is 0.382 e. The molecule has 0 unspecified atom stereocenters. The van der Waals surface area contributed by atoms with E-state index in [1.165, 1.54) is 0 Å². The molecule has 0 spiro atoms. The highest BCUT2D eigenvalue weighted by Gasteiger charge is 2.29. The number of halogens is 3. The third-order valence-electron chi connectivity index (χ3n) is 3.85. The maximum absolute atomic E-state index is 12.7. The fourth-order valence-corrected chi connectivity index (χ4v) is 2.76. The number of anilines is 2. The van der Waals surface area contributed by atoms with Crippen molar-refractivity contribution in [3.63, 3.8) is 0 Å². The van der Waals surface area contributed by atoms with Crippen molar-refractivity contribution in [1.29, 1.82) is 0 Å². The predicted molar refractivity (Wildman–Crippen MR) is 89.5 cm³/mol. The Kier molecular flexibility index (Phi) is 3.46. The van der Waals surface area contributed by atoms with Crippen LogP contribution in [0.5, 0.6) is 0 Å². The van der Waals surface area contributed by atoms with Gasteiger partial charge in [-0.25, -0.2) is 14.5 Å². The van der Waals surface area contributed by atoms with Crippen molar-refractivity contribution in [2.24, 2.45) is 0 Å². The maximum atomic E-state index is 12.7. The Hall–Kier alpha value is -3.37. The first-order valence-corrected chi connectivity index (χ1v) is 7.57. The van der Waals surface area contributed by atoms with E-state index in [1.807, 2.05) is 0 Å². The van der Waals surface area contributed by atoms with Gasteiger partial charge in [-0.1, -0.05) is 0 Å². The highest BCUT2D eigenvalue weighted by molar-refractivity contribution is 5.88. The lowest BCUT2D eigenvalue weighted by molar-refractivity contribution is -0.140. The number of pyridine rings is 1. The van der Waals surface area contributed by atoms with Crippen LogP contribution in [0, 0.1) is 0 Å².